The Morgan fingerprint density at radius 1 is 1.38 bits per heavy atom. The summed E-state index contributed by atoms with van der Waals surface area (Å²) in [6.07, 6.45) is 1.53. The molecule has 1 fully saturated rings. The summed E-state index contributed by atoms with van der Waals surface area (Å²) >= 11 is 0. The molecule has 0 amide bonds. The minimum Gasteiger partial charge on any atom is -0.488 e. The van der Waals surface area contributed by atoms with Gasteiger partial charge in [-0.1, -0.05) is 6.07 Å². The second-order valence-electron chi connectivity index (χ2n) is 7.56. The van der Waals surface area contributed by atoms with E-state index in [0.29, 0.717) is 30.1 Å². The Hall–Kier alpha value is -3.11. The van der Waals surface area contributed by atoms with Gasteiger partial charge in [-0.3, -0.25) is 14.7 Å². The number of aryl methyl sites for hydroxylation is 1. The molecule has 1 aromatic heterocycles. The molecular formula is C22H25N3O4. The molecule has 0 radical (unpaired) electrons. The van der Waals surface area contributed by atoms with Gasteiger partial charge in [-0.25, -0.2) is 0 Å². The molecule has 0 aliphatic carbocycles. The van der Waals surface area contributed by atoms with Crippen molar-refractivity contribution in [2.24, 2.45) is 5.92 Å². The van der Waals surface area contributed by atoms with Gasteiger partial charge in [0.15, 0.2) is 5.75 Å². The standard InChI is InChI=1S/C22H25N3O4/c1-14(2)29-21-9-24-19(7-17(21)8-23)13-28-20-5-4-16(15(3)6-20)10-25-11-18(12-25)22(26)27/h4-7,9,14,18H,10-13H2,1-3H3,(H,26,27). The van der Waals surface area contributed by atoms with Crippen LogP contribution in [0, 0.1) is 24.2 Å². The Balaban J connectivity index is 1.58. The largest absolute Gasteiger partial charge is 0.488 e. The molecule has 1 N–H and O–H groups in total. The fourth-order valence-electron chi connectivity index (χ4n) is 3.19. The van der Waals surface area contributed by atoms with E-state index in [1.807, 2.05) is 39.0 Å². The fourth-order valence-corrected chi connectivity index (χ4v) is 3.19. The molecule has 0 unspecified atom stereocenters. The number of carboxylic acids is 1. The summed E-state index contributed by atoms with van der Waals surface area (Å²) in [5.74, 6) is 0.225. The molecule has 3 rings (SSSR count). The van der Waals surface area contributed by atoms with Gasteiger partial charge in [0.05, 0.1) is 29.5 Å². The van der Waals surface area contributed by atoms with Gasteiger partial charge in [-0.05, 0) is 50.1 Å². The van der Waals surface area contributed by atoms with Crippen molar-refractivity contribution in [1.82, 2.24) is 9.88 Å². The number of pyridine rings is 1. The molecule has 152 valence electrons. The van der Waals surface area contributed by atoms with Gasteiger partial charge in [-0.2, -0.15) is 5.26 Å². The zero-order chi connectivity index (χ0) is 21.0. The number of aliphatic carboxylic acids is 1. The van der Waals surface area contributed by atoms with Crippen LogP contribution < -0.4 is 9.47 Å². The van der Waals surface area contributed by atoms with Crippen LogP contribution in [0.15, 0.2) is 30.5 Å². The molecular weight excluding hydrogens is 370 g/mol. The van der Waals surface area contributed by atoms with Crippen LogP contribution in [0.1, 0.15) is 36.2 Å². The summed E-state index contributed by atoms with van der Waals surface area (Å²) in [4.78, 5) is 17.4. The van der Waals surface area contributed by atoms with Crippen LogP contribution in [-0.2, 0) is 17.9 Å². The van der Waals surface area contributed by atoms with E-state index >= 15 is 0 Å². The lowest BCUT2D eigenvalue weighted by atomic mass is 9.98. The predicted molar refractivity (Wildman–Crippen MR) is 107 cm³/mol. The van der Waals surface area contributed by atoms with Gasteiger partial charge < -0.3 is 14.6 Å². The predicted octanol–water partition coefficient (Wildman–Crippen LogP) is 3.14. The molecule has 2 aromatic rings. The topological polar surface area (TPSA) is 95.7 Å². The molecule has 0 bridgehead atoms. The summed E-state index contributed by atoms with van der Waals surface area (Å²) in [7, 11) is 0. The van der Waals surface area contributed by atoms with Crippen molar-refractivity contribution < 1.29 is 19.4 Å². The quantitative estimate of drug-likeness (QED) is 0.733. The van der Waals surface area contributed by atoms with Gasteiger partial charge in [0.1, 0.15) is 18.4 Å². The number of carboxylic acid groups (broad SMARTS) is 1. The van der Waals surface area contributed by atoms with Crippen molar-refractivity contribution in [2.45, 2.75) is 40.0 Å². The van der Waals surface area contributed by atoms with E-state index in [1.54, 1.807) is 12.3 Å². The smallest absolute Gasteiger partial charge is 0.309 e. The molecule has 1 saturated heterocycles. The van der Waals surface area contributed by atoms with Gasteiger partial charge in [-0.15, -0.1) is 0 Å². The Kier molecular flexibility index (Phi) is 6.35. The lowest BCUT2D eigenvalue weighted by molar-refractivity contribution is -0.147. The third-order valence-corrected chi connectivity index (χ3v) is 4.81. The molecule has 2 heterocycles. The Labute approximate surface area is 170 Å². The first-order valence-electron chi connectivity index (χ1n) is 9.59. The van der Waals surface area contributed by atoms with Crippen LogP contribution in [0.3, 0.4) is 0 Å². The Bertz CT molecular complexity index is 930. The number of benzene rings is 1. The molecule has 0 spiro atoms. The van der Waals surface area contributed by atoms with E-state index in [9.17, 15) is 10.1 Å². The first kappa shape index (κ1) is 20.6. The highest BCUT2D eigenvalue weighted by molar-refractivity contribution is 5.71. The third kappa shape index (κ3) is 5.24. The molecule has 1 aliphatic heterocycles. The fraction of sp³-hybridized carbons (Fsp3) is 0.409. The van der Waals surface area contributed by atoms with Crippen molar-refractivity contribution in [3.05, 3.63) is 52.8 Å². The SMILES string of the molecule is Cc1cc(OCc2cc(C#N)c(OC(C)C)cn2)ccc1CN1CC(C(=O)O)C1. The molecule has 7 heteroatoms. The average molecular weight is 395 g/mol. The highest BCUT2D eigenvalue weighted by atomic mass is 16.5. The lowest BCUT2D eigenvalue weighted by Crippen LogP contribution is -2.49. The number of rotatable bonds is 8. The number of carbonyl (C=O) groups is 1. The van der Waals surface area contributed by atoms with E-state index in [1.165, 1.54) is 0 Å². The molecule has 7 nitrogen and oxygen atoms in total. The Morgan fingerprint density at radius 2 is 2.14 bits per heavy atom. The molecule has 29 heavy (non-hydrogen) atoms. The Morgan fingerprint density at radius 3 is 2.76 bits per heavy atom. The van der Waals surface area contributed by atoms with Crippen LogP contribution in [0.2, 0.25) is 0 Å². The van der Waals surface area contributed by atoms with Gasteiger partial charge >= 0.3 is 5.97 Å². The monoisotopic (exact) mass is 395 g/mol. The summed E-state index contributed by atoms with van der Waals surface area (Å²) < 4.78 is 11.4. The normalized spacial score (nSPS) is 14.3. The van der Waals surface area contributed by atoms with Gasteiger partial charge in [0, 0.05) is 19.6 Å². The minimum atomic E-state index is -0.723. The third-order valence-electron chi connectivity index (χ3n) is 4.81. The highest BCUT2D eigenvalue weighted by Crippen LogP contribution is 2.24. The van der Waals surface area contributed by atoms with Crippen LogP contribution in [-0.4, -0.2) is 40.2 Å². The minimum absolute atomic E-state index is 0.0289. The maximum Gasteiger partial charge on any atom is 0.309 e. The van der Waals surface area contributed by atoms with Crippen molar-refractivity contribution in [2.75, 3.05) is 13.1 Å². The average Bonchev–Trinajstić information content (AvgIpc) is 2.64. The number of nitrogens with zero attached hydrogens (tertiary/aromatic N) is 3. The van der Waals surface area contributed by atoms with Crippen molar-refractivity contribution in [1.29, 1.82) is 5.26 Å². The number of likely N-dealkylation sites (tertiary alicyclic amines) is 1. The van der Waals surface area contributed by atoms with E-state index < -0.39 is 5.97 Å². The van der Waals surface area contributed by atoms with Gasteiger partial charge in [0.2, 0.25) is 0 Å². The molecule has 1 aliphatic rings. The molecule has 1 aromatic carbocycles. The summed E-state index contributed by atoms with van der Waals surface area (Å²) in [6, 6.07) is 9.69. The molecule has 0 atom stereocenters. The maximum absolute atomic E-state index is 10.9. The number of nitriles is 1. The maximum atomic E-state index is 10.9. The zero-order valence-corrected chi connectivity index (χ0v) is 16.9. The summed E-state index contributed by atoms with van der Waals surface area (Å²) in [6.45, 7) is 7.99. The number of hydrogen-bond donors (Lipinski definition) is 1. The van der Waals surface area contributed by atoms with E-state index in [-0.39, 0.29) is 18.6 Å². The second kappa shape index (κ2) is 8.93. The van der Waals surface area contributed by atoms with E-state index in [0.717, 1.165) is 23.4 Å². The molecule has 0 saturated carbocycles. The number of ether oxygens (including phenoxy) is 2. The van der Waals surface area contributed by atoms with Crippen LogP contribution in [0.5, 0.6) is 11.5 Å². The first-order chi connectivity index (χ1) is 13.9. The van der Waals surface area contributed by atoms with Crippen molar-refractivity contribution in [3.8, 4) is 17.6 Å². The van der Waals surface area contributed by atoms with Crippen LogP contribution >= 0.6 is 0 Å². The van der Waals surface area contributed by atoms with Crippen LogP contribution in [0.25, 0.3) is 0 Å². The number of aromatic nitrogens is 1. The van der Waals surface area contributed by atoms with E-state index in [4.69, 9.17) is 14.6 Å². The first-order valence-corrected chi connectivity index (χ1v) is 9.59. The van der Waals surface area contributed by atoms with Crippen LogP contribution in [0.4, 0.5) is 0 Å². The summed E-state index contributed by atoms with van der Waals surface area (Å²) in [5, 5.41) is 18.3. The van der Waals surface area contributed by atoms with Crippen molar-refractivity contribution in [3.63, 3.8) is 0 Å². The van der Waals surface area contributed by atoms with E-state index in [2.05, 4.69) is 16.0 Å². The lowest BCUT2D eigenvalue weighted by Gasteiger charge is -2.36. The second-order valence-corrected chi connectivity index (χ2v) is 7.56. The highest BCUT2D eigenvalue weighted by Gasteiger charge is 2.32. The van der Waals surface area contributed by atoms with Gasteiger partial charge in [0.25, 0.3) is 0 Å². The summed E-state index contributed by atoms with van der Waals surface area (Å²) in [5.41, 5.74) is 3.33. The number of hydrogen-bond acceptors (Lipinski definition) is 6. The zero-order valence-electron chi connectivity index (χ0n) is 16.9. The van der Waals surface area contributed by atoms with Crippen molar-refractivity contribution >= 4 is 5.97 Å².